The molecule has 0 aliphatic rings. The van der Waals surface area contributed by atoms with Gasteiger partial charge in [-0.1, -0.05) is 18.2 Å². The van der Waals surface area contributed by atoms with Crippen LogP contribution in [0.2, 0.25) is 0 Å². The van der Waals surface area contributed by atoms with Crippen LogP contribution in [-0.2, 0) is 11.2 Å². The highest BCUT2D eigenvalue weighted by atomic mass is 32.2. The number of carbonyl (C=O) groups is 1. The zero-order chi connectivity index (χ0) is 15.1. The molecule has 0 atom stereocenters. The van der Waals surface area contributed by atoms with Gasteiger partial charge in [-0.25, -0.2) is 0 Å². The standard InChI is InChI=1S/C17H19NO2S/c1-20-15-7-3-5-13(11-15)9-10-17(19)18-14-6-4-8-16(12-14)21-2/h3-8,11-12H,9-10H2,1-2H3,(H,18,19). The van der Waals surface area contributed by atoms with E-state index in [1.165, 1.54) is 0 Å². The Balaban J connectivity index is 1.89. The summed E-state index contributed by atoms with van der Waals surface area (Å²) in [6, 6.07) is 15.7. The lowest BCUT2D eigenvalue weighted by Crippen LogP contribution is -2.12. The summed E-state index contributed by atoms with van der Waals surface area (Å²) in [5.74, 6) is 0.844. The summed E-state index contributed by atoms with van der Waals surface area (Å²) in [7, 11) is 1.64. The SMILES string of the molecule is COc1cccc(CCC(=O)Nc2cccc(SC)c2)c1. The van der Waals surface area contributed by atoms with Crippen LogP contribution in [0.15, 0.2) is 53.4 Å². The normalized spacial score (nSPS) is 10.2. The number of anilines is 1. The molecule has 3 nitrogen and oxygen atoms in total. The van der Waals surface area contributed by atoms with Crippen LogP contribution in [0.3, 0.4) is 0 Å². The Morgan fingerprint density at radius 2 is 2.00 bits per heavy atom. The molecular weight excluding hydrogens is 282 g/mol. The minimum absolute atomic E-state index is 0.0241. The second kappa shape index (κ2) is 7.74. The van der Waals surface area contributed by atoms with Gasteiger partial charge in [-0.05, 0) is 48.6 Å². The van der Waals surface area contributed by atoms with Gasteiger partial charge in [0.15, 0.2) is 0 Å². The van der Waals surface area contributed by atoms with Gasteiger partial charge in [0, 0.05) is 17.0 Å². The second-order valence-corrected chi connectivity index (χ2v) is 5.51. The van der Waals surface area contributed by atoms with E-state index >= 15 is 0 Å². The zero-order valence-corrected chi connectivity index (χ0v) is 13.1. The minimum atomic E-state index is 0.0241. The van der Waals surface area contributed by atoms with Gasteiger partial charge in [-0.15, -0.1) is 11.8 Å². The summed E-state index contributed by atoms with van der Waals surface area (Å²) in [5.41, 5.74) is 1.94. The van der Waals surface area contributed by atoms with Gasteiger partial charge in [0.2, 0.25) is 5.91 Å². The molecule has 0 saturated carbocycles. The van der Waals surface area contributed by atoms with Crippen molar-refractivity contribution in [1.82, 2.24) is 0 Å². The van der Waals surface area contributed by atoms with Crippen LogP contribution in [0, 0.1) is 0 Å². The number of rotatable bonds is 6. The van der Waals surface area contributed by atoms with Crippen molar-refractivity contribution in [2.24, 2.45) is 0 Å². The summed E-state index contributed by atoms with van der Waals surface area (Å²) >= 11 is 1.66. The molecule has 2 aromatic carbocycles. The highest BCUT2D eigenvalue weighted by molar-refractivity contribution is 7.98. The second-order valence-electron chi connectivity index (χ2n) is 4.63. The van der Waals surface area contributed by atoms with Gasteiger partial charge in [0.1, 0.15) is 5.75 Å². The van der Waals surface area contributed by atoms with E-state index in [4.69, 9.17) is 4.74 Å². The number of amides is 1. The Morgan fingerprint density at radius 1 is 1.19 bits per heavy atom. The number of ether oxygens (including phenoxy) is 1. The molecule has 0 aliphatic carbocycles. The van der Waals surface area contributed by atoms with Crippen molar-refractivity contribution < 1.29 is 9.53 Å². The first-order chi connectivity index (χ1) is 10.2. The monoisotopic (exact) mass is 301 g/mol. The topological polar surface area (TPSA) is 38.3 Å². The van der Waals surface area contributed by atoms with E-state index < -0.39 is 0 Å². The van der Waals surface area contributed by atoms with Crippen molar-refractivity contribution in [3.05, 3.63) is 54.1 Å². The number of benzene rings is 2. The largest absolute Gasteiger partial charge is 0.497 e. The fraction of sp³-hybridized carbons (Fsp3) is 0.235. The molecule has 0 heterocycles. The average Bonchev–Trinajstić information content (AvgIpc) is 2.53. The molecule has 1 N–H and O–H groups in total. The molecule has 0 unspecified atom stereocenters. The maximum Gasteiger partial charge on any atom is 0.224 e. The number of nitrogens with one attached hydrogen (secondary N) is 1. The van der Waals surface area contributed by atoms with Crippen molar-refractivity contribution in [2.75, 3.05) is 18.7 Å². The number of aryl methyl sites for hydroxylation is 1. The smallest absolute Gasteiger partial charge is 0.224 e. The first-order valence-electron chi connectivity index (χ1n) is 6.78. The lowest BCUT2D eigenvalue weighted by Gasteiger charge is -2.07. The molecule has 0 saturated heterocycles. The predicted molar refractivity (Wildman–Crippen MR) is 88.2 cm³/mol. The molecule has 4 heteroatoms. The Bertz CT molecular complexity index is 613. The first kappa shape index (κ1) is 15.4. The Kier molecular flexibility index (Phi) is 5.69. The van der Waals surface area contributed by atoms with Crippen LogP contribution >= 0.6 is 11.8 Å². The van der Waals surface area contributed by atoms with E-state index in [2.05, 4.69) is 5.32 Å². The molecule has 0 radical (unpaired) electrons. The molecule has 1 amide bonds. The van der Waals surface area contributed by atoms with E-state index in [0.29, 0.717) is 12.8 Å². The van der Waals surface area contributed by atoms with E-state index in [0.717, 1.165) is 21.9 Å². The van der Waals surface area contributed by atoms with Crippen LogP contribution in [0.1, 0.15) is 12.0 Å². The summed E-state index contributed by atoms with van der Waals surface area (Å²) in [5, 5.41) is 2.93. The first-order valence-corrected chi connectivity index (χ1v) is 8.00. The molecule has 110 valence electrons. The predicted octanol–water partition coefficient (Wildman–Crippen LogP) is 3.99. The van der Waals surface area contributed by atoms with Crippen molar-refractivity contribution in [2.45, 2.75) is 17.7 Å². The maximum atomic E-state index is 12.0. The Hall–Kier alpha value is -1.94. The quantitative estimate of drug-likeness (QED) is 0.820. The highest BCUT2D eigenvalue weighted by Crippen LogP contribution is 2.19. The van der Waals surface area contributed by atoms with Crippen molar-refractivity contribution >= 4 is 23.4 Å². The number of methoxy groups -OCH3 is 1. The molecule has 0 fully saturated rings. The summed E-state index contributed by atoms with van der Waals surface area (Å²) < 4.78 is 5.18. The summed E-state index contributed by atoms with van der Waals surface area (Å²) in [6.07, 6.45) is 3.17. The van der Waals surface area contributed by atoms with E-state index in [9.17, 15) is 4.79 Å². The van der Waals surface area contributed by atoms with E-state index in [1.807, 2.05) is 54.8 Å². The molecule has 21 heavy (non-hydrogen) atoms. The van der Waals surface area contributed by atoms with Gasteiger partial charge in [-0.3, -0.25) is 4.79 Å². The van der Waals surface area contributed by atoms with E-state index in [-0.39, 0.29) is 5.91 Å². The third kappa shape index (κ3) is 4.83. The summed E-state index contributed by atoms with van der Waals surface area (Å²) in [6.45, 7) is 0. The van der Waals surface area contributed by atoms with Gasteiger partial charge >= 0.3 is 0 Å². The summed E-state index contributed by atoms with van der Waals surface area (Å²) in [4.78, 5) is 13.1. The van der Waals surface area contributed by atoms with E-state index in [1.54, 1.807) is 18.9 Å². The number of carbonyl (C=O) groups excluding carboxylic acids is 1. The Labute approximate surface area is 129 Å². The third-order valence-corrected chi connectivity index (χ3v) is 3.85. The van der Waals surface area contributed by atoms with Crippen LogP contribution < -0.4 is 10.1 Å². The number of hydrogen-bond acceptors (Lipinski definition) is 3. The van der Waals surface area contributed by atoms with Crippen molar-refractivity contribution in [3.63, 3.8) is 0 Å². The van der Waals surface area contributed by atoms with Gasteiger partial charge in [-0.2, -0.15) is 0 Å². The van der Waals surface area contributed by atoms with Crippen LogP contribution in [0.5, 0.6) is 5.75 Å². The fourth-order valence-electron chi connectivity index (χ4n) is 2.01. The highest BCUT2D eigenvalue weighted by Gasteiger charge is 2.04. The molecule has 0 spiro atoms. The van der Waals surface area contributed by atoms with Gasteiger partial charge in [0.25, 0.3) is 0 Å². The lowest BCUT2D eigenvalue weighted by atomic mass is 10.1. The maximum absolute atomic E-state index is 12.0. The number of thioether (sulfide) groups is 1. The zero-order valence-electron chi connectivity index (χ0n) is 12.3. The minimum Gasteiger partial charge on any atom is -0.497 e. The van der Waals surface area contributed by atoms with Gasteiger partial charge < -0.3 is 10.1 Å². The van der Waals surface area contributed by atoms with Gasteiger partial charge in [0.05, 0.1) is 7.11 Å². The van der Waals surface area contributed by atoms with Crippen molar-refractivity contribution in [3.8, 4) is 5.75 Å². The molecular formula is C17H19NO2S. The lowest BCUT2D eigenvalue weighted by molar-refractivity contribution is -0.116. The molecule has 0 aliphatic heterocycles. The molecule has 2 rings (SSSR count). The number of hydrogen-bond donors (Lipinski definition) is 1. The third-order valence-electron chi connectivity index (χ3n) is 3.13. The molecule has 0 aromatic heterocycles. The van der Waals surface area contributed by atoms with Crippen LogP contribution in [0.25, 0.3) is 0 Å². The van der Waals surface area contributed by atoms with Crippen LogP contribution in [-0.4, -0.2) is 19.3 Å². The molecule has 0 bridgehead atoms. The van der Waals surface area contributed by atoms with Crippen molar-refractivity contribution in [1.29, 1.82) is 0 Å². The average molecular weight is 301 g/mol. The molecule has 2 aromatic rings. The Morgan fingerprint density at radius 3 is 2.76 bits per heavy atom. The van der Waals surface area contributed by atoms with Crippen LogP contribution in [0.4, 0.5) is 5.69 Å². The fourth-order valence-corrected chi connectivity index (χ4v) is 2.47.